The van der Waals surface area contributed by atoms with Gasteiger partial charge in [-0.15, -0.1) is 0 Å². The first-order valence-corrected chi connectivity index (χ1v) is 7.24. The first kappa shape index (κ1) is 14.0. The zero-order chi connectivity index (χ0) is 13.1. The Hall–Kier alpha value is -1.07. The van der Waals surface area contributed by atoms with Crippen LogP contribution in [0.2, 0.25) is 0 Å². The molecule has 0 amide bonds. The van der Waals surface area contributed by atoms with Crippen molar-refractivity contribution in [3.8, 4) is 0 Å². The molecule has 0 radical (unpaired) electrons. The molecule has 1 atom stereocenters. The van der Waals surface area contributed by atoms with E-state index in [0.29, 0.717) is 17.1 Å². The Morgan fingerprint density at radius 1 is 1.35 bits per heavy atom. The fourth-order valence-corrected chi connectivity index (χ4v) is 2.83. The van der Waals surface area contributed by atoms with E-state index in [-0.39, 0.29) is 5.75 Å². The molecule has 0 fully saturated rings. The number of para-hydroxylation sites is 1. The third kappa shape index (κ3) is 3.44. The van der Waals surface area contributed by atoms with Crippen molar-refractivity contribution < 1.29 is 13.5 Å². The molecule has 0 saturated heterocycles. The maximum atomic E-state index is 11.9. The minimum absolute atomic E-state index is 0.0759. The molecule has 4 nitrogen and oxygen atoms in total. The molecule has 0 aliphatic carbocycles. The van der Waals surface area contributed by atoms with Crippen molar-refractivity contribution in [3.63, 3.8) is 0 Å². The van der Waals surface area contributed by atoms with Crippen LogP contribution in [0.5, 0.6) is 0 Å². The van der Waals surface area contributed by atoms with Crippen LogP contribution in [0, 0.1) is 0 Å². The Bertz CT molecular complexity index is 468. The van der Waals surface area contributed by atoms with Crippen LogP contribution in [-0.4, -0.2) is 39.0 Å². The van der Waals surface area contributed by atoms with Gasteiger partial charge >= 0.3 is 0 Å². The number of aliphatic hydroxyl groups excluding tert-OH is 1. The second kappa shape index (κ2) is 5.51. The molecule has 1 N–H and O–H groups in total. The second-order valence-electron chi connectivity index (χ2n) is 4.10. The van der Waals surface area contributed by atoms with E-state index in [1.807, 2.05) is 0 Å². The van der Waals surface area contributed by atoms with Gasteiger partial charge in [-0.1, -0.05) is 19.1 Å². The van der Waals surface area contributed by atoms with Gasteiger partial charge in [0.2, 0.25) is 0 Å². The lowest BCUT2D eigenvalue weighted by atomic mass is 10.2. The lowest BCUT2D eigenvalue weighted by Gasteiger charge is -2.23. The van der Waals surface area contributed by atoms with Gasteiger partial charge in [-0.3, -0.25) is 0 Å². The first-order chi connectivity index (χ1) is 7.88. The van der Waals surface area contributed by atoms with Gasteiger partial charge in [-0.2, -0.15) is 0 Å². The highest BCUT2D eigenvalue weighted by Gasteiger charge is 2.18. The van der Waals surface area contributed by atoms with Crippen LogP contribution in [0.1, 0.15) is 13.8 Å². The Morgan fingerprint density at radius 3 is 2.47 bits per heavy atom. The summed E-state index contributed by atoms with van der Waals surface area (Å²) in [6, 6.07) is 6.86. The van der Waals surface area contributed by atoms with Crippen LogP contribution in [0.4, 0.5) is 5.69 Å². The minimum atomic E-state index is -3.23. The zero-order valence-electron chi connectivity index (χ0n) is 10.4. The van der Waals surface area contributed by atoms with Gasteiger partial charge in [0.05, 0.1) is 22.4 Å². The standard InChI is InChI=1S/C12H19NO3S/c1-4-17(15,16)12-8-6-5-7-11(12)13(3)9-10(2)14/h5-8,10,14H,4,9H2,1-3H3. The van der Waals surface area contributed by atoms with Gasteiger partial charge < -0.3 is 10.0 Å². The highest BCUT2D eigenvalue weighted by Crippen LogP contribution is 2.25. The highest BCUT2D eigenvalue weighted by molar-refractivity contribution is 7.91. The van der Waals surface area contributed by atoms with Crippen molar-refractivity contribution in [2.45, 2.75) is 24.8 Å². The summed E-state index contributed by atoms with van der Waals surface area (Å²) < 4.78 is 23.8. The summed E-state index contributed by atoms with van der Waals surface area (Å²) >= 11 is 0. The van der Waals surface area contributed by atoms with E-state index in [4.69, 9.17) is 0 Å². The third-order valence-corrected chi connectivity index (χ3v) is 4.31. The summed E-state index contributed by atoms with van der Waals surface area (Å²) in [5.74, 6) is 0.0759. The Balaban J connectivity index is 3.17. The van der Waals surface area contributed by atoms with E-state index in [1.54, 1.807) is 50.1 Å². The average molecular weight is 257 g/mol. The van der Waals surface area contributed by atoms with Crippen LogP contribution < -0.4 is 4.90 Å². The average Bonchev–Trinajstić information content (AvgIpc) is 2.28. The van der Waals surface area contributed by atoms with Crippen LogP contribution in [-0.2, 0) is 9.84 Å². The second-order valence-corrected chi connectivity index (χ2v) is 6.35. The molecular formula is C12H19NO3S. The van der Waals surface area contributed by atoms with Gasteiger partial charge in [0, 0.05) is 13.6 Å². The maximum Gasteiger partial charge on any atom is 0.180 e. The van der Waals surface area contributed by atoms with E-state index < -0.39 is 15.9 Å². The van der Waals surface area contributed by atoms with E-state index in [2.05, 4.69) is 0 Å². The van der Waals surface area contributed by atoms with Gasteiger partial charge in [0.25, 0.3) is 0 Å². The molecule has 1 aromatic rings. The molecule has 17 heavy (non-hydrogen) atoms. The number of hydrogen-bond acceptors (Lipinski definition) is 4. The first-order valence-electron chi connectivity index (χ1n) is 5.59. The molecule has 0 aliphatic rings. The number of sulfone groups is 1. The fourth-order valence-electron chi connectivity index (χ4n) is 1.69. The molecule has 1 aromatic carbocycles. The molecule has 1 unspecified atom stereocenters. The summed E-state index contributed by atoms with van der Waals surface area (Å²) in [6.07, 6.45) is -0.502. The number of nitrogens with zero attached hydrogens (tertiary/aromatic N) is 1. The predicted molar refractivity (Wildman–Crippen MR) is 69.1 cm³/mol. The van der Waals surface area contributed by atoms with Gasteiger partial charge in [0.1, 0.15) is 0 Å². The van der Waals surface area contributed by atoms with E-state index >= 15 is 0 Å². The number of rotatable bonds is 5. The van der Waals surface area contributed by atoms with Crippen LogP contribution >= 0.6 is 0 Å². The van der Waals surface area contributed by atoms with E-state index in [1.165, 1.54) is 0 Å². The third-order valence-electron chi connectivity index (χ3n) is 2.53. The number of anilines is 1. The fraction of sp³-hybridized carbons (Fsp3) is 0.500. The molecule has 96 valence electrons. The van der Waals surface area contributed by atoms with Crippen molar-refractivity contribution in [2.24, 2.45) is 0 Å². The van der Waals surface area contributed by atoms with Crippen molar-refractivity contribution in [1.29, 1.82) is 0 Å². The number of likely N-dealkylation sites (N-methyl/N-ethyl adjacent to an activating group) is 1. The van der Waals surface area contributed by atoms with Crippen LogP contribution in [0.25, 0.3) is 0 Å². The van der Waals surface area contributed by atoms with E-state index in [0.717, 1.165) is 0 Å². The van der Waals surface area contributed by atoms with E-state index in [9.17, 15) is 13.5 Å². The van der Waals surface area contributed by atoms with Crippen LogP contribution in [0.15, 0.2) is 29.2 Å². The summed E-state index contributed by atoms with van der Waals surface area (Å²) in [4.78, 5) is 2.08. The Kier molecular flexibility index (Phi) is 4.54. The zero-order valence-corrected chi connectivity index (χ0v) is 11.2. The van der Waals surface area contributed by atoms with Crippen molar-refractivity contribution in [2.75, 3.05) is 24.2 Å². The monoisotopic (exact) mass is 257 g/mol. The van der Waals surface area contributed by atoms with Gasteiger partial charge in [-0.05, 0) is 19.1 Å². The minimum Gasteiger partial charge on any atom is -0.392 e. The largest absolute Gasteiger partial charge is 0.392 e. The maximum absolute atomic E-state index is 11.9. The molecule has 1 rings (SSSR count). The SMILES string of the molecule is CCS(=O)(=O)c1ccccc1N(C)CC(C)O. The topological polar surface area (TPSA) is 57.6 Å². The lowest BCUT2D eigenvalue weighted by Crippen LogP contribution is -2.28. The molecule has 0 heterocycles. The summed E-state index contributed by atoms with van der Waals surface area (Å²) in [5, 5.41) is 9.34. The highest BCUT2D eigenvalue weighted by atomic mass is 32.2. The molecule has 0 aliphatic heterocycles. The van der Waals surface area contributed by atoms with Crippen molar-refractivity contribution in [3.05, 3.63) is 24.3 Å². The molecule has 0 spiro atoms. The summed E-state index contributed by atoms with van der Waals surface area (Å²) in [7, 11) is -1.46. The van der Waals surface area contributed by atoms with Crippen LogP contribution in [0.3, 0.4) is 0 Å². The normalized spacial score (nSPS) is 13.4. The predicted octanol–water partition coefficient (Wildman–Crippen LogP) is 1.30. The molecule has 5 heteroatoms. The summed E-state index contributed by atoms with van der Waals surface area (Å²) in [5.41, 5.74) is 0.634. The smallest absolute Gasteiger partial charge is 0.180 e. The number of aliphatic hydroxyl groups is 1. The molecule has 0 bridgehead atoms. The Morgan fingerprint density at radius 2 is 1.94 bits per heavy atom. The number of benzene rings is 1. The van der Waals surface area contributed by atoms with Gasteiger partial charge in [0.15, 0.2) is 9.84 Å². The summed E-state index contributed by atoms with van der Waals surface area (Å²) in [6.45, 7) is 3.70. The molecule has 0 saturated carbocycles. The van der Waals surface area contributed by atoms with Crippen molar-refractivity contribution in [1.82, 2.24) is 0 Å². The quantitative estimate of drug-likeness (QED) is 0.863. The van der Waals surface area contributed by atoms with Gasteiger partial charge in [-0.25, -0.2) is 8.42 Å². The number of hydrogen-bond donors (Lipinski definition) is 1. The Labute approximate surface area is 103 Å². The van der Waals surface area contributed by atoms with Crippen molar-refractivity contribution >= 4 is 15.5 Å². The molecule has 0 aromatic heterocycles. The lowest BCUT2D eigenvalue weighted by molar-refractivity contribution is 0.201. The molecular weight excluding hydrogens is 238 g/mol.